The highest BCUT2D eigenvalue weighted by atomic mass is 31.0. The molecule has 0 saturated heterocycles. The second-order valence-electron chi connectivity index (χ2n) is 10.4. The van der Waals surface area contributed by atoms with Crippen molar-refractivity contribution < 1.29 is 5.11 Å². The first-order valence-corrected chi connectivity index (χ1v) is 10.8. The lowest BCUT2D eigenvalue weighted by Gasteiger charge is -2.60. The van der Waals surface area contributed by atoms with E-state index in [4.69, 9.17) is 5.10 Å². The second kappa shape index (κ2) is 5.10. The van der Waals surface area contributed by atoms with Crippen LogP contribution in [0.5, 0.6) is 0 Å². The van der Waals surface area contributed by atoms with Crippen LogP contribution in [0.25, 0.3) is 0 Å². The highest BCUT2D eigenvalue weighted by Gasteiger charge is 2.63. The lowest BCUT2D eigenvalue weighted by molar-refractivity contribution is -0.139. The number of rotatable bonds is 0. The Kier molecular flexibility index (Phi) is 3.42. The normalized spacial score (nSPS) is 51.4. The molecular weight excluding hydrogens is 327 g/mol. The van der Waals surface area contributed by atoms with Gasteiger partial charge in [-0.1, -0.05) is 13.8 Å². The molecule has 1 aromatic heterocycles. The van der Waals surface area contributed by atoms with E-state index in [0.717, 1.165) is 30.1 Å². The van der Waals surface area contributed by atoms with E-state index in [1.807, 2.05) is 4.45 Å². The standard InChI is InChI=1S/C21H33N2OP/c1-19-11-13-12-23(25)22-18(13)10-14(19)4-5-15-16(19)6-8-20(2)17(15)7-9-21(20,3)24/h12,14-17,24H,4-11,25H2,1-3H3/t14?,15?,16?,17?,19-,20-,21-/m0/s1. The molecule has 1 heterocycles. The average molecular weight is 360 g/mol. The summed E-state index contributed by atoms with van der Waals surface area (Å²) in [6.45, 7) is 7.10. The maximum atomic E-state index is 11.1. The average Bonchev–Trinajstić information content (AvgIpc) is 3.00. The first-order chi connectivity index (χ1) is 11.7. The van der Waals surface area contributed by atoms with Gasteiger partial charge >= 0.3 is 0 Å². The van der Waals surface area contributed by atoms with Crippen molar-refractivity contribution in [2.75, 3.05) is 0 Å². The largest absolute Gasteiger partial charge is 0.390 e. The topological polar surface area (TPSA) is 38.0 Å². The predicted octanol–water partition coefficient (Wildman–Crippen LogP) is 4.23. The Morgan fingerprint density at radius 3 is 2.68 bits per heavy atom. The third kappa shape index (κ3) is 2.09. The van der Waals surface area contributed by atoms with Crippen molar-refractivity contribution in [3.63, 3.8) is 0 Å². The summed E-state index contributed by atoms with van der Waals surface area (Å²) in [5.74, 6) is 3.18. The molecule has 5 unspecified atom stereocenters. The molecule has 3 nitrogen and oxygen atoms in total. The quantitative estimate of drug-likeness (QED) is 0.703. The lowest BCUT2D eigenvalue weighted by atomic mass is 9.44. The number of aliphatic hydroxyl groups is 1. The lowest BCUT2D eigenvalue weighted by Crippen LogP contribution is -2.56. The van der Waals surface area contributed by atoms with Crippen LogP contribution in [0.2, 0.25) is 0 Å². The van der Waals surface area contributed by atoms with E-state index in [1.165, 1.54) is 56.2 Å². The first-order valence-electron chi connectivity index (χ1n) is 10.3. The zero-order valence-corrected chi connectivity index (χ0v) is 17.1. The molecule has 3 saturated carbocycles. The summed E-state index contributed by atoms with van der Waals surface area (Å²) in [6.07, 6.45) is 12.1. The second-order valence-corrected chi connectivity index (χ2v) is 10.9. The molecule has 1 aromatic rings. The predicted molar refractivity (Wildman–Crippen MR) is 103 cm³/mol. The van der Waals surface area contributed by atoms with E-state index in [9.17, 15) is 5.11 Å². The Morgan fingerprint density at radius 2 is 1.88 bits per heavy atom. The van der Waals surface area contributed by atoms with Crippen molar-refractivity contribution in [1.82, 2.24) is 9.55 Å². The van der Waals surface area contributed by atoms with Gasteiger partial charge in [0, 0.05) is 6.20 Å². The molecular formula is C21H33N2OP. The molecule has 5 rings (SSSR count). The van der Waals surface area contributed by atoms with Crippen LogP contribution in [0.3, 0.4) is 0 Å². The maximum Gasteiger partial charge on any atom is 0.0675 e. The minimum absolute atomic E-state index is 0.141. The number of fused-ring (bicyclic) bond motifs is 6. The summed E-state index contributed by atoms with van der Waals surface area (Å²) in [7, 11) is 2.71. The number of aromatic nitrogens is 2. The smallest absolute Gasteiger partial charge is 0.0675 e. The fourth-order valence-electron chi connectivity index (χ4n) is 7.82. The van der Waals surface area contributed by atoms with Crippen molar-refractivity contribution in [3.05, 3.63) is 17.5 Å². The molecule has 0 amide bonds. The van der Waals surface area contributed by atoms with Crippen LogP contribution >= 0.6 is 9.39 Å². The van der Waals surface area contributed by atoms with E-state index >= 15 is 0 Å². The summed E-state index contributed by atoms with van der Waals surface area (Å²) in [6, 6.07) is 0. The van der Waals surface area contributed by atoms with Crippen LogP contribution in [0, 0.1) is 34.5 Å². The fraction of sp³-hybridized carbons (Fsp3) is 0.857. The van der Waals surface area contributed by atoms with Gasteiger partial charge in [-0.3, -0.25) is 4.45 Å². The monoisotopic (exact) mass is 360 g/mol. The van der Waals surface area contributed by atoms with Gasteiger partial charge in [0.15, 0.2) is 0 Å². The Balaban J connectivity index is 1.50. The molecule has 0 bridgehead atoms. The highest BCUT2D eigenvalue weighted by molar-refractivity contribution is 7.14. The molecule has 3 fully saturated rings. The zero-order chi connectivity index (χ0) is 17.6. The zero-order valence-electron chi connectivity index (χ0n) is 16.0. The Bertz CT molecular complexity index is 713. The SMILES string of the molecule is C[C@]12Cc3cn(P)nc3CC1CCC1C2CC[C@@]2(C)C1CC[C@]2(C)O. The van der Waals surface area contributed by atoms with Gasteiger partial charge < -0.3 is 5.11 Å². The molecule has 25 heavy (non-hydrogen) atoms. The van der Waals surface area contributed by atoms with Crippen molar-refractivity contribution in [1.29, 1.82) is 0 Å². The van der Waals surface area contributed by atoms with Crippen LogP contribution in [-0.2, 0) is 12.8 Å². The maximum absolute atomic E-state index is 11.1. The van der Waals surface area contributed by atoms with Gasteiger partial charge in [0.2, 0.25) is 0 Å². The van der Waals surface area contributed by atoms with Crippen LogP contribution in [0.4, 0.5) is 0 Å². The Morgan fingerprint density at radius 1 is 1.12 bits per heavy atom. The van der Waals surface area contributed by atoms with Gasteiger partial charge in [-0.25, -0.2) is 0 Å². The Hall–Kier alpha value is -0.400. The molecule has 4 aliphatic carbocycles. The van der Waals surface area contributed by atoms with Crippen LogP contribution < -0.4 is 0 Å². The summed E-state index contributed by atoms with van der Waals surface area (Å²) in [5, 5.41) is 15.8. The molecule has 138 valence electrons. The van der Waals surface area contributed by atoms with Crippen molar-refractivity contribution >= 4 is 9.39 Å². The van der Waals surface area contributed by atoms with Gasteiger partial charge in [0.1, 0.15) is 0 Å². The molecule has 0 spiro atoms. The van der Waals surface area contributed by atoms with Crippen LogP contribution in [-0.4, -0.2) is 20.3 Å². The van der Waals surface area contributed by atoms with E-state index in [2.05, 4.69) is 36.4 Å². The van der Waals surface area contributed by atoms with Gasteiger partial charge in [-0.15, -0.1) is 0 Å². The minimum Gasteiger partial charge on any atom is -0.390 e. The summed E-state index contributed by atoms with van der Waals surface area (Å²) < 4.78 is 1.94. The Labute approximate surface area is 154 Å². The van der Waals surface area contributed by atoms with E-state index in [-0.39, 0.29) is 5.41 Å². The number of hydrogen-bond acceptors (Lipinski definition) is 2. The van der Waals surface area contributed by atoms with E-state index in [1.54, 1.807) is 0 Å². The van der Waals surface area contributed by atoms with Gasteiger partial charge in [-0.2, -0.15) is 5.10 Å². The third-order valence-electron chi connectivity index (χ3n) is 9.53. The van der Waals surface area contributed by atoms with Gasteiger partial charge in [-0.05, 0) is 108 Å². The number of hydrogen-bond donors (Lipinski definition) is 1. The summed E-state index contributed by atoms with van der Waals surface area (Å²) >= 11 is 0. The fourth-order valence-corrected chi connectivity index (χ4v) is 8.14. The van der Waals surface area contributed by atoms with Gasteiger partial charge in [0.25, 0.3) is 0 Å². The minimum atomic E-state index is -0.458. The first kappa shape index (κ1) is 16.8. The number of nitrogens with zero attached hydrogens (tertiary/aromatic N) is 2. The highest BCUT2D eigenvalue weighted by Crippen LogP contribution is 2.67. The van der Waals surface area contributed by atoms with Gasteiger partial charge in [0.05, 0.1) is 11.3 Å². The van der Waals surface area contributed by atoms with Crippen LogP contribution in [0.1, 0.15) is 70.6 Å². The van der Waals surface area contributed by atoms with E-state index < -0.39 is 5.60 Å². The molecule has 0 aliphatic heterocycles. The summed E-state index contributed by atoms with van der Waals surface area (Å²) in [4.78, 5) is 0. The molecule has 0 aromatic carbocycles. The van der Waals surface area contributed by atoms with Crippen molar-refractivity contribution in [3.8, 4) is 0 Å². The van der Waals surface area contributed by atoms with E-state index in [0.29, 0.717) is 5.41 Å². The molecule has 0 radical (unpaired) electrons. The molecule has 4 heteroatoms. The molecule has 1 N–H and O–H groups in total. The van der Waals surface area contributed by atoms with Crippen molar-refractivity contribution in [2.45, 2.75) is 77.7 Å². The third-order valence-corrected chi connectivity index (χ3v) is 9.80. The molecule has 8 atom stereocenters. The van der Waals surface area contributed by atoms with Crippen molar-refractivity contribution in [2.24, 2.45) is 34.5 Å². The summed E-state index contributed by atoms with van der Waals surface area (Å²) in [5.41, 5.74) is 2.95. The van der Waals surface area contributed by atoms with Crippen LogP contribution in [0.15, 0.2) is 6.20 Å². The molecule has 4 aliphatic rings.